The van der Waals surface area contributed by atoms with E-state index in [0.717, 1.165) is 21.6 Å². The lowest BCUT2D eigenvalue weighted by Gasteiger charge is -2.08. The van der Waals surface area contributed by atoms with Gasteiger partial charge < -0.3 is 10.1 Å². The summed E-state index contributed by atoms with van der Waals surface area (Å²) in [5.74, 6) is -0.350. The van der Waals surface area contributed by atoms with Crippen LogP contribution in [-0.4, -0.2) is 24.2 Å². The highest BCUT2D eigenvalue weighted by Crippen LogP contribution is 2.23. The maximum atomic E-state index is 11.9. The molecule has 0 aliphatic carbocycles. The molecular formula is C19H21NO3S. The Kier molecular flexibility index (Phi) is 6.88. The molecule has 0 atom stereocenters. The van der Waals surface area contributed by atoms with Gasteiger partial charge in [0.05, 0.1) is 5.75 Å². The van der Waals surface area contributed by atoms with Crippen molar-refractivity contribution >= 4 is 23.6 Å². The van der Waals surface area contributed by atoms with E-state index in [0.29, 0.717) is 0 Å². The Hall–Kier alpha value is -2.27. The molecule has 0 aromatic heterocycles. The number of hydrogen-bond donors (Lipinski definition) is 1. The standard InChI is InChI=1S/C19H21NO3S/c1-14-8-9-15(2)17(10-14)24-13-18(21)20-11-19(22)23-12-16-6-4-3-5-7-16/h3-10H,11-13H2,1-2H3,(H,20,21). The van der Waals surface area contributed by atoms with Gasteiger partial charge in [0.1, 0.15) is 13.2 Å². The predicted octanol–water partition coefficient (Wildman–Crippen LogP) is 3.26. The zero-order valence-corrected chi connectivity index (χ0v) is 14.7. The third kappa shape index (κ3) is 6.08. The van der Waals surface area contributed by atoms with Gasteiger partial charge in [0.2, 0.25) is 5.91 Å². The Morgan fingerprint density at radius 1 is 1.08 bits per heavy atom. The number of aryl methyl sites for hydroxylation is 2. The monoisotopic (exact) mass is 343 g/mol. The van der Waals surface area contributed by atoms with E-state index in [1.54, 1.807) is 0 Å². The van der Waals surface area contributed by atoms with Crippen LogP contribution in [0.3, 0.4) is 0 Å². The molecule has 0 fully saturated rings. The quantitative estimate of drug-likeness (QED) is 0.619. The van der Waals surface area contributed by atoms with Crippen molar-refractivity contribution in [3.05, 3.63) is 65.2 Å². The lowest BCUT2D eigenvalue weighted by atomic mass is 10.2. The van der Waals surface area contributed by atoms with Gasteiger partial charge in [-0.2, -0.15) is 0 Å². The number of esters is 1. The number of carbonyl (C=O) groups is 2. The molecule has 4 nitrogen and oxygen atoms in total. The molecule has 1 amide bonds. The van der Waals surface area contributed by atoms with Crippen LogP contribution in [0.4, 0.5) is 0 Å². The third-order valence-corrected chi connectivity index (χ3v) is 4.53. The highest BCUT2D eigenvalue weighted by atomic mass is 32.2. The average molecular weight is 343 g/mol. The van der Waals surface area contributed by atoms with Gasteiger partial charge in [-0.1, -0.05) is 48.0 Å². The molecule has 0 unspecified atom stereocenters. The first kappa shape index (κ1) is 18.1. The van der Waals surface area contributed by atoms with Gasteiger partial charge in [-0.3, -0.25) is 9.59 Å². The molecule has 0 aliphatic rings. The normalized spacial score (nSPS) is 10.2. The largest absolute Gasteiger partial charge is 0.460 e. The zero-order chi connectivity index (χ0) is 17.4. The van der Waals surface area contributed by atoms with Crippen LogP contribution >= 0.6 is 11.8 Å². The molecule has 0 heterocycles. The average Bonchev–Trinajstić information content (AvgIpc) is 2.59. The van der Waals surface area contributed by atoms with Crippen LogP contribution in [0.5, 0.6) is 0 Å². The molecule has 0 radical (unpaired) electrons. The Morgan fingerprint density at radius 2 is 1.83 bits per heavy atom. The number of ether oxygens (including phenoxy) is 1. The molecule has 2 aromatic carbocycles. The van der Waals surface area contributed by atoms with Gasteiger partial charge in [-0.05, 0) is 31.0 Å². The molecule has 0 spiro atoms. The second-order valence-corrected chi connectivity index (χ2v) is 6.50. The molecular weight excluding hydrogens is 322 g/mol. The topological polar surface area (TPSA) is 55.4 Å². The number of nitrogens with one attached hydrogen (secondary N) is 1. The fourth-order valence-corrected chi connectivity index (χ4v) is 2.97. The third-order valence-electron chi connectivity index (χ3n) is 3.37. The molecule has 0 bridgehead atoms. The smallest absolute Gasteiger partial charge is 0.325 e. The van der Waals surface area contributed by atoms with Crippen molar-refractivity contribution in [1.82, 2.24) is 5.32 Å². The second-order valence-electron chi connectivity index (χ2n) is 5.48. The molecule has 0 saturated carbocycles. The van der Waals surface area contributed by atoms with E-state index in [9.17, 15) is 9.59 Å². The van der Waals surface area contributed by atoms with E-state index in [2.05, 4.69) is 11.4 Å². The Labute approximate surface area is 146 Å². The van der Waals surface area contributed by atoms with Crippen LogP contribution in [0.25, 0.3) is 0 Å². The summed E-state index contributed by atoms with van der Waals surface area (Å²) in [6, 6.07) is 15.6. The highest BCUT2D eigenvalue weighted by Gasteiger charge is 2.08. The number of carbonyl (C=O) groups excluding carboxylic acids is 2. The van der Waals surface area contributed by atoms with E-state index in [1.165, 1.54) is 11.8 Å². The van der Waals surface area contributed by atoms with Crippen LogP contribution in [0.15, 0.2) is 53.4 Å². The summed E-state index contributed by atoms with van der Waals surface area (Å²) in [6.07, 6.45) is 0. The lowest BCUT2D eigenvalue weighted by Crippen LogP contribution is -2.31. The SMILES string of the molecule is Cc1ccc(C)c(SCC(=O)NCC(=O)OCc2ccccc2)c1. The molecule has 5 heteroatoms. The number of amides is 1. The van der Waals surface area contributed by atoms with E-state index < -0.39 is 5.97 Å². The molecule has 24 heavy (non-hydrogen) atoms. The van der Waals surface area contributed by atoms with Crippen molar-refractivity contribution < 1.29 is 14.3 Å². The van der Waals surface area contributed by atoms with Gasteiger partial charge in [-0.25, -0.2) is 0 Å². The highest BCUT2D eigenvalue weighted by molar-refractivity contribution is 8.00. The van der Waals surface area contributed by atoms with E-state index in [4.69, 9.17) is 4.74 Å². The summed E-state index contributed by atoms with van der Waals surface area (Å²) in [5, 5.41) is 2.59. The number of rotatable bonds is 7. The minimum atomic E-state index is -0.441. The van der Waals surface area contributed by atoms with Crippen molar-refractivity contribution in [3.63, 3.8) is 0 Å². The van der Waals surface area contributed by atoms with Gasteiger partial charge in [-0.15, -0.1) is 11.8 Å². The van der Waals surface area contributed by atoms with Crippen LogP contribution in [0, 0.1) is 13.8 Å². The Bertz CT molecular complexity index is 701. The predicted molar refractivity (Wildman–Crippen MR) is 95.9 cm³/mol. The fourth-order valence-electron chi connectivity index (χ4n) is 2.02. The van der Waals surface area contributed by atoms with Gasteiger partial charge >= 0.3 is 5.97 Å². The van der Waals surface area contributed by atoms with Crippen LogP contribution in [0.2, 0.25) is 0 Å². The first-order valence-corrected chi connectivity index (χ1v) is 8.69. The fraction of sp³-hybridized carbons (Fsp3) is 0.263. The molecule has 126 valence electrons. The number of benzene rings is 2. The number of hydrogen-bond acceptors (Lipinski definition) is 4. The van der Waals surface area contributed by atoms with E-state index in [1.807, 2.05) is 56.3 Å². The van der Waals surface area contributed by atoms with Crippen molar-refractivity contribution in [1.29, 1.82) is 0 Å². The van der Waals surface area contributed by atoms with Gasteiger partial charge in [0, 0.05) is 4.90 Å². The summed E-state index contributed by atoms with van der Waals surface area (Å²) < 4.78 is 5.12. The Morgan fingerprint density at radius 3 is 2.58 bits per heavy atom. The van der Waals surface area contributed by atoms with Crippen LogP contribution in [0.1, 0.15) is 16.7 Å². The van der Waals surface area contributed by atoms with E-state index >= 15 is 0 Å². The summed E-state index contributed by atoms with van der Waals surface area (Å²) in [7, 11) is 0. The molecule has 1 N–H and O–H groups in total. The van der Waals surface area contributed by atoms with Gasteiger partial charge in [0.25, 0.3) is 0 Å². The summed E-state index contributed by atoms with van der Waals surface area (Å²) >= 11 is 1.47. The Balaban J connectivity index is 1.69. The number of thioether (sulfide) groups is 1. The van der Waals surface area contributed by atoms with Crippen molar-refractivity contribution in [2.24, 2.45) is 0 Å². The molecule has 2 rings (SSSR count). The summed E-state index contributed by atoms with van der Waals surface area (Å²) in [6.45, 7) is 4.14. The molecule has 0 aliphatic heterocycles. The summed E-state index contributed by atoms with van der Waals surface area (Å²) in [5.41, 5.74) is 3.22. The van der Waals surface area contributed by atoms with E-state index in [-0.39, 0.29) is 24.8 Å². The maximum absolute atomic E-state index is 11.9. The van der Waals surface area contributed by atoms with Gasteiger partial charge in [0.15, 0.2) is 0 Å². The summed E-state index contributed by atoms with van der Waals surface area (Å²) in [4.78, 5) is 24.6. The second kappa shape index (κ2) is 9.13. The lowest BCUT2D eigenvalue weighted by molar-refractivity contribution is -0.145. The zero-order valence-electron chi connectivity index (χ0n) is 13.9. The first-order chi connectivity index (χ1) is 11.5. The molecule has 2 aromatic rings. The van der Waals surface area contributed by atoms with Crippen LogP contribution in [-0.2, 0) is 20.9 Å². The van der Waals surface area contributed by atoms with Crippen molar-refractivity contribution in [3.8, 4) is 0 Å². The van der Waals surface area contributed by atoms with Crippen molar-refractivity contribution in [2.75, 3.05) is 12.3 Å². The van der Waals surface area contributed by atoms with Crippen molar-refractivity contribution in [2.45, 2.75) is 25.3 Å². The minimum Gasteiger partial charge on any atom is -0.460 e. The molecule has 0 saturated heterocycles. The van der Waals surface area contributed by atoms with Crippen LogP contribution < -0.4 is 5.32 Å². The minimum absolute atomic E-state index is 0.112. The first-order valence-electron chi connectivity index (χ1n) is 7.71. The maximum Gasteiger partial charge on any atom is 0.325 e.